The summed E-state index contributed by atoms with van der Waals surface area (Å²) in [7, 11) is 0. The molecule has 3 aliphatic rings. The number of anilines is 2. The second kappa shape index (κ2) is 7.05. The van der Waals surface area contributed by atoms with Crippen molar-refractivity contribution in [3.8, 4) is 5.69 Å². The Morgan fingerprint density at radius 2 is 1.62 bits per heavy atom. The summed E-state index contributed by atoms with van der Waals surface area (Å²) in [4.78, 5) is 16.6. The van der Waals surface area contributed by atoms with Gasteiger partial charge in [-0.15, -0.1) is 0 Å². The Kier molecular flexibility index (Phi) is 4.25. The van der Waals surface area contributed by atoms with Gasteiger partial charge < -0.3 is 4.90 Å². The van der Waals surface area contributed by atoms with Crippen LogP contribution in [0.25, 0.3) is 5.69 Å². The Bertz CT molecular complexity index is 1220. The largest absolute Gasteiger partial charge is 0.352 e. The number of carbonyl (C=O) groups is 1. The summed E-state index contributed by atoms with van der Waals surface area (Å²) in [6.45, 7) is 5.04. The lowest BCUT2D eigenvalue weighted by Gasteiger charge is -2.50. The number of hydrogen-bond acceptors (Lipinski definition) is 4. The zero-order valence-corrected chi connectivity index (χ0v) is 18.5. The molecule has 0 radical (unpaired) electrons. The fourth-order valence-corrected chi connectivity index (χ4v) is 5.85. The Hall–Kier alpha value is -3.41. The van der Waals surface area contributed by atoms with Crippen molar-refractivity contribution in [1.29, 1.82) is 0 Å². The van der Waals surface area contributed by atoms with Gasteiger partial charge >= 0.3 is 0 Å². The molecule has 3 aliphatic heterocycles. The van der Waals surface area contributed by atoms with E-state index in [1.54, 1.807) is 5.01 Å². The van der Waals surface area contributed by atoms with Crippen LogP contribution in [0.5, 0.6) is 0 Å². The van der Waals surface area contributed by atoms with E-state index < -0.39 is 5.41 Å². The van der Waals surface area contributed by atoms with Crippen molar-refractivity contribution in [2.24, 2.45) is 10.5 Å². The number of piperidine rings is 1. The van der Waals surface area contributed by atoms with Crippen LogP contribution in [-0.2, 0) is 11.2 Å². The van der Waals surface area contributed by atoms with E-state index in [9.17, 15) is 4.79 Å². The van der Waals surface area contributed by atoms with Crippen molar-refractivity contribution in [2.45, 2.75) is 45.6 Å². The zero-order chi connectivity index (χ0) is 21.9. The number of amides is 1. The number of fused-ring (bicyclic) bond motifs is 4. The number of hydrazone groups is 1. The van der Waals surface area contributed by atoms with E-state index >= 15 is 0 Å². The zero-order valence-electron chi connectivity index (χ0n) is 18.5. The van der Waals surface area contributed by atoms with Crippen LogP contribution in [0.15, 0.2) is 65.8 Å². The van der Waals surface area contributed by atoms with Gasteiger partial charge in [0, 0.05) is 12.1 Å². The Balaban J connectivity index is 1.51. The second-order valence-corrected chi connectivity index (χ2v) is 9.13. The summed E-state index contributed by atoms with van der Waals surface area (Å²) in [5.41, 5.74) is 4.33. The van der Waals surface area contributed by atoms with Crippen molar-refractivity contribution in [3.63, 3.8) is 0 Å². The van der Waals surface area contributed by atoms with Gasteiger partial charge in [-0.05, 0) is 63.8 Å². The van der Waals surface area contributed by atoms with Crippen LogP contribution < -0.4 is 9.91 Å². The normalized spacial score (nSPS) is 24.5. The average molecular weight is 426 g/mol. The van der Waals surface area contributed by atoms with Crippen LogP contribution >= 0.6 is 0 Å². The van der Waals surface area contributed by atoms with E-state index in [1.165, 1.54) is 5.56 Å². The molecule has 6 heteroatoms. The molecule has 162 valence electrons. The predicted octanol–water partition coefficient (Wildman–Crippen LogP) is 4.50. The maximum Gasteiger partial charge on any atom is 0.261 e. The maximum absolute atomic E-state index is 14.1. The molecule has 1 saturated heterocycles. The molecule has 2 atom stereocenters. The summed E-state index contributed by atoms with van der Waals surface area (Å²) in [6, 6.07) is 20.2. The van der Waals surface area contributed by atoms with Crippen molar-refractivity contribution >= 4 is 23.1 Å². The summed E-state index contributed by atoms with van der Waals surface area (Å²) < 4.78 is 2.08. The molecular formula is C26H27N5O. The number of carbonyl (C=O) groups excluding carboxylic acids is 1. The molecule has 0 N–H and O–H groups in total. The van der Waals surface area contributed by atoms with E-state index in [1.807, 2.05) is 55.5 Å². The predicted molar refractivity (Wildman–Crippen MR) is 126 cm³/mol. The van der Waals surface area contributed by atoms with Crippen molar-refractivity contribution in [1.82, 2.24) is 9.78 Å². The van der Waals surface area contributed by atoms with Crippen LogP contribution in [0.1, 0.15) is 37.4 Å². The molecule has 3 aromatic rings. The van der Waals surface area contributed by atoms with E-state index in [0.717, 1.165) is 54.4 Å². The summed E-state index contributed by atoms with van der Waals surface area (Å²) in [5.74, 6) is 1.25. The topological polar surface area (TPSA) is 53.7 Å². The fourth-order valence-electron chi connectivity index (χ4n) is 5.85. The van der Waals surface area contributed by atoms with Crippen LogP contribution in [0.3, 0.4) is 0 Å². The number of para-hydroxylation sites is 2. The molecule has 4 heterocycles. The lowest BCUT2D eigenvalue weighted by molar-refractivity contribution is -0.125. The first-order chi connectivity index (χ1) is 15.6. The third-order valence-electron chi connectivity index (χ3n) is 7.43. The molecular weight excluding hydrogens is 398 g/mol. The van der Waals surface area contributed by atoms with E-state index in [2.05, 4.69) is 28.6 Å². The van der Waals surface area contributed by atoms with Crippen LogP contribution in [0.2, 0.25) is 0 Å². The minimum absolute atomic E-state index is 0.0901. The van der Waals surface area contributed by atoms with Gasteiger partial charge in [0.15, 0.2) is 0 Å². The fraction of sp³-hybridized carbons (Fsp3) is 0.346. The van der Waals surface area contributed by atoms with Gasteiger partial charge in [-0.2, -0.15) is 15.2 Å². The molecule has 0 unspecified atom stereocenters. The third-order valence-corrected chi connectivity index (χ3v) is 7.43. The quantitative estimate of drug-likeness (QED) is 0.607. The van der Waals surface area contributed by atoms with Gasteiger partial charge in [-0.1, -0.05) is 36.4 Å². The van der Waals surface area contributed by atoms with Gasteiger partial charge in [-0.3, -0.25) is 4.79 Å². The number of nitrogens with zero attached hydrogens (tertiary/aromatic N) is 5. The minimum atomic E-state index is -0.640. The van der Waals surface area contributed by atoms with Crippen LogP contribution in [-0.4, -0.2) is 34.0 Å². The summed E-state index contributed by atoms with van der Waals surface area (Å²) in [5, 5.41) is 11.4. The molecule has 1 amide bonds. The van der Waals surface area contributed by atoms with E-state index in [-0.39, 0.29) is 11.9 Å². The smallest absolute Gasteiger partial charge is 0.261 e. The van der Waals surface area contributed by atoms with Gasteiger partial charge in [-0.25, -0.2) is 4.68 Å². The number of aryl methyl sites for hydroxylation is 1. The average Bonchev–Trinajstić information content (AvgIpc) is 3.30. The Morgan fingerprint density at radius 1 is 0.938 bits per heavy atom. The highest BCUT2D eigenvalue weighted by Gasteiger charge is 2.60. The molecule has 6 nitrogen and oxygen atoms in total. The molecule has 1 aromatic heterocycles. The molecule has 6 rings (SSSR count). The second-order valence-electron chi connectivity index (χ2n) is 9.13. The van der Waals surface area contributed by atoms with E-state index in [0.29, 0.717) is 6.42 Å². The number of hydrogen-bond donors (Lipinski definition) is 0. The third kappa shape index (κ3) is 2.55. The maximum atomic E-state index is 14.1. The number of rotatable bonds is 2. The highest BCUT2D eigenvalue weighted by Crippen LogP contribution is 2.51. The van der Waals surface area contributed by atoms with Crippen LogP contribution in [0, 0.1) is 12.3 Å². The monoisotopic (exact) mass is 425 g/mol. The Morgan fingerprint density at radius 3 is 2.34 bits per heavy atom. The molecule has 0 bridgehead atoms. The first-order valence-corrected chi connectivity index (χ1v) is 11.5. The summed E-state index contributed by atoms with van der Waals surface area (Å²) in [6.07, 6.45) is 3.89. The molecule has 0 saturated carbocycles. The first-order valence-electron chi connectivity index (χ1n) is 11.5. The van der Waals surface area contributed by atoms with Gasteiger partial charge in [0.2, 0.25) is 0 Å². The van der Waals surface area contributed by atoms with Gasteiger partial charge in [0.25, 0.3) is 5.91 Å². The standard InChI is InChI=1S/C26H27N5O/c1-18-22-17-26(19(2)28-31(25(26)32)21-13-7-4-8-14-21)23-15-9-10-16-29(23)24(22)30(27-18)20-11-5-3-6-12-20/h3-8,11-14,23H,9-10,15-17H2,1-2H3/t23-,26+/m0/s1. The van der Waals surface area contributed by atoms with Crippen LogP contribution in [0.4, 0.5) is 11.5 Å². The summed E-state index contributed by atoms with van der Waals surface area (Å²) >= 11 is 0. The van der Waals surface area contributed by atoms with Gasteiger partial charge in [0.05, 0.1) is 28.8 Å². The Labute approximate surface area is 188 Å². The highest BCUT2D eigenvalue weighted by atomic mass is 16.2. The van der Waals surface area contributed by atoms with E-state index in [4.69, 9.17) is 10.2 Å². The lowest BCUT2D eigenvalue weighted by atomic mass is 9.66. The molecule has 1 spiro atoms. The number of aromatic nitrogens is 2. The first kappa shape index (κ1) is 19.3. The SMILES string of the molecule is CC1=NN(c2ccccc2)C(=O)[C@]12Cc1c(C)nn(-c3ccccc3)c1N1CCCC[C@H]12. The van der Waals surface area contributed by atoms with Gasteiger partial charge in [0.1, 0.15) is 11.2 Å². The minimum Gasteiger partial charge on any atom is -0.352 e. The molecule has 2 aromatic carbocycles. The molecule has 1 fully saturated rings. The van der Waals surface area contributed by atoms with Crippen molar-refractivity contribution in [3.05, 3.63) is 71.9 Å². The van der Waals surface area contributed by atoms with Crippen molar-refractivity contribution < 1.29 is 4.79 Å². The molecule has 0 aliphatic carbocycles. The highest BCUT2D eigenvalue weighted by molar-refractivity contribution is 6.20. The lowest BCUT2D eigenvalue weighted by Crippen LogP contribution is -2.61. The molecule has 32 heavy (non-hydrogen) atoms. The van der Waals surface area contributed by atoms with Crippen molar-refractivity contribution in [2.75, 3.05) is 16.5 Å². The number of benzene rings is 2.